The minimum atomic E-state index is -0.851. The van der Waals surface area contributed by atoms with E-state index >= 15 is 0 Å². The Hall–Kier alpha value is -3.16. The topological polar surface area (TPSA) is 105 Å². The number of carbonyl (C=O) groups excluding carboxylic acids is 4. The Morgan fingerprint density at radius 1 is 0.821 bits per heavy atom. The van der Waals surface area contributed by atoms with Crippen LogP contribution >= 0.6 is 0 Å². The molecule has 0 radical (unpaired) electrons. The van der Waals surface area contributed by atoms with Gasteiger partial charge in [0.2, 0.25) is 6.29 Å². The fraction of sp³-hybridized carbons (Fsp3) is 0.400. The van der Waals surface area contributed by atoms with Gasteiger partial charge in [0.1, 0.15) is 13.2 Å². The van der Waals surface area contributed by atoms with Gasteiger partial charge in [0.25, 0.3) is 0 Å². The number of hydrogen-bond donors (Lipinski definition) is 0. The van der Waals surface area contributed by atoms with Crippen molar-refractivity contribution >= 4 is 23.9 Å². The fourth-order valence-corrected chi connectivity index (χ4v) is 1.25. The Kier molecular flexibility index (Phi) is 15.5. The molecule has 0 aliphatic rings. The van der Waals surface area contributed by atoms with E-state index in [1.807, 2.05) is 6.92 Å². The van der Waals surface area contributed by atoms with Crippen LogP contribution in [0.4, 0.5) is 0 Å². The maximum absolute atomic E-state index is 10.8. The van der Waals surface area contributed by atoms with E-state index < -0.39 is 30.2 Å². The molecule has 0 amide bonds. The average Bonchev–Trinajstić information content (AvgIpc) is 2.64. The van der Waals surface area contributed by atoms with E-state index in [1.54, 1.807) is 13.8 Å². The van der Waals surface area contributed by atoms with Gasteiger partial charge < -0.3 is 18.9 Å². The van der Waals surface area contributed by atoms with Gasteiger partial charge in [-0.1, -0.05) is 33.2 Å². The van der Waals surface area contributed by atoms with Crippen molar-refractivity contribution < 1.29 is 38.1 Å². The monoisotopic (exact) mass is 396 g/mol. The summed E-state index contributed by atoms with van der Waals surface area (Å²) in [5.41, 5.74) is 0.632. The van der Waals surface area contributed by atoms with E-state index in [4.69, 9.17) is 9.47 Å². The van der Waals surface area contributed by atoms with Gasteiger partial charge >= 0.3 is 23.9 Å². The van der Waals surface area contributed by atoms with Crippen LogP contribution in [0.2, 0.25) is 0 Å². The third-order valence-corrected chi connectivity index (χ3v) is 2.60. The molecule has 0 rings (SSSR count). The highest BCUT2D eigenvalue weighted by atomic mass is 16.7. The predicted molar refractivity (Wildman–Crippen MR) is 103 cm³/mol. The molecule has 0 aliphatic heterocycles. The highest BCUT2D eigenvalue weighted by Crippen LogP contribution is 2.05. The van der Waals surface area contributed by atoms with Crippen LogP contribution in [0.25, 0.3) is 0 Å². The van der Waals surface area contributed by atoms with Crippen LogP contribution in [-0.2, 0) is 38.1 Å². The molecule has 0 aliphatic carbocycles. The Morgan fingerprint density at radius 3 is 1.43 bits per heavy atom. The zero-order chi connectivity index (χ0) is 22.1. The first-order chi connectivity index (χ1) is 13.1. The molecule has 0 atom stereocenters. The predicted octanol–water partition coefficient (Wildman–Crippen LogP) is 2.80. The number of ether oxygens (including phenoxy) is 4. The van der Waals surface area contributed by atoms with Crippen molar-refractivity contribution in [2.45, 2.75) is 39.9 Å². The highest BCUT2D eigenvalue weighted by Gasteiger charge is 2.14. The third-order valence-electron chi connectivity index (χ3n) is 2.60. The third kappa shape index (κ3) is 15.1. The first-order valence-electron chi connectivity index (χ1n) is 8.40. The van der Waals surface area contributed by atoms with Crippen LogP contribution in [0, 0.1) is 0 Å². The Labute approximate surface area is 165 Å². The number of carbonyl (C=O) groups is 4. The first kappa shape index (κ1) is 27.1. The van der Waals surface area contributed by atoms with Crippen molar-refractivity contribution in [3.63, 3.8) is 0 Å². The van der Waals surface area contributed by atoms with Crippen molar-refractivity contribution in [1.82, 2.24) is 0 Å². The molecule has 0 N–H and O–H groups in total. The van der Waals surface area contributed by atoms with E-state index in [9.17, 15) is 19.2 Å². The van der Waals surface area contributed by atoms with Gasteiger partial charge in [0.15, 0.2) is 0 Å². The van der Waals surface area contributed by atoms with Gasteiger partial charge in [-0.3, -0.25) is 0 Å². The van der Waals surface area contributed by atoms with Gasteiger partial charge in [-0.05, 0) is 20.3 Å². The van der Waals surface area contributed by atoms with E-state index in [2.05, 4.69) is 35.8 Å². The second-order valence-corrected chi connectivity index (χ2v) is 5.33. The molecule has 0 aromatic heterocycles. The Balaban J connectivity index is 0. The molecule has 0 unspecified atom stereocenters. The zero-order valence-corrected chi connectivity index (χ0v) is 16.7. The van der Waals surface area contributed by atoms with Crippen LogP contribution in [0.5, 0.6) is 0 Å². The molecule has 8 nitrogen and oxygen atoms in total. The summed E-state index contributed by atoms with van der Waals surface area (Å²) < 4.78 is 18.9. The van der Waals surface area contributed by atoms with E-state index in [-0.39, 0.29) is 13.2 Å². The minimum Gasteiger partial charge on any atom is -0.459 e. The number of rotatable bonds is 11. The van der Waals surface area contributed by atoms with Crippen molar-refractivity contribution in [3.8, 4) is 0 Å². The summed E-state index contributed by atoms with van der Waals surface area (Å²) in [4.78, 5) is 43.3. The molecular weight excluding hydrogens is 368 g/mol. The summed E-state index contributed by atoms with van der Waals surface area (Å²) in [6, 6.07) is 0. The highest BCUT2D eigenvalue weighted by molar-refractivity contribution is 5.87. The lowest BCUT2D eigenvalue weighted by atomic mass is 10.3. The molecular formula is C20H28O8. The van der Waals surface area contributed by atoms with Crippen LogP contribution in [0.15, 0.2) is 49.6 Å². The number of hydrogen-bond acceptors (Lipinski definition) is 8. The molecule has 0 heterocycles. The standard InChI is InChI=1S/2C10H14O4/c1-7(2)9(11)13-5-6-14-10(12)8(3)4;1-4-7-10(13-8(11)5-2)14-9(12)6-3/h1,3,5-6H2,2,4H3;5-6,10H,2-4,7H2,1H3. The van der Waals surface area contributed by atoms with Crippen molar-refractivity contribution in [2.75, 3.05) is 13.2 Å². The van der Waals surface area contributed by atoms with Crippen LogP contribution in [0.1, 0.15) is 33.6 Å². The molecule has 0 saturated carbocycles. The van der Waals surface area contributed by atoms with E-state index in [0.717, 1.165) is 18.6 Å². The summed E-state index contributed by atoms with van der Waals surface area (Å²) in [6.45, 7) is 18.3. The average molecular weight is 396 g/mol. The molecule has 28 heavy (non-hydrogen) atoms. The smallest absolute Gasteiger partial charge is 0.333 e. The number of esters is 4. The summed E-state index contributed by atoms with van der Waals surface area (Å²) in [7, 11) is 0. The SMILES string of the molecule is C=C(C)C(=O)OCCOC(=O)C(=C)C.C=CC(=O)OC(CCC)OC(=O)C=C. The second-order valence-electron chi connectivity index (χ2n) is 5.33. The quantitative estimate of drug-likeness (QED) is 0.173. The Morgan fingerprint density at radius 2 is 1.18 bits per heavy atom. The fourth-order valence-electron chi connectivity index (χ4n) is 1.25. The Bertz CT molecular complexity index is 553. The summed E-state index contributed by atoms with van der Waals surface area (Å²) in [5, 5.41) is 0. The van der Waals surface area contributed by atoms with Gasteiger partial charge in [0, 0.05) is 29.7 Å². The van der Waals surface area contributed by atoms with Gasteiger partial charge in [-0.2, -0.15) is 0 Å². The molecule has 8 heteroatoms. The lowest BCUT2D eigenvalue weighted by molar-refractivity contribution is -0.181. The molecule has 0 bridgehead atoms. The molecule has 0 spiro atoms. The second kappa shape index (κ2) is 16.0. The molecule has 0 saturated heterocycles. The van der Waals surface area contributed by atoms with Gasteiger partial charge in [0.05, 0.1) is 0 Å². The maximum Gasteiger partial charge on any atom is 0.333 e. The summed E-state index contributed by atoms with van der Waals surface area (Å²) in [6.07, 6.45) is 2.38. The molecule has 156 valence electrons. The first-order valence-corrected chi connectivity index (χ1v) is 8.40. The lowest BCUT2D eigenvalue weighted by Crippen LogP contribution is -2.22. The zero-order valence-electron chi connectivity index (χ0n) is 16.7. The minimum absolute atomic E-state index is 0.0325. The maximum atomic E-state index is 10.8. The van der Waals surface area contributed by atoms with Gasteiger partial charge in [-0.25, -0.2) is 19.2 Å². The molecule has 0 aromatic carbocycles. The van der Waals surface area contributed by atoms with E-state index in [1.165, 1.54) is 0 Å². The molecule has 0 fully saturated rings. The summed E-state index contributed by atoms with van der Waals surface area (Å²) >= 11 is 0. The van der Waals surface area contributed by atoms with E-state index in [0.29, 0.717) is 17.6 Å². The van der Waals surface area contributed by atoms with Crippen molar-refractivity contribution in [1.29, 1.82) is 0 Å². The largest absolute Gasteiger partial charge is 0.459 e. The molecule has 0 aromatic rings. The van der Waals surface area contributed by atoms with Crippen molar-refractivity contribution in [3.05, 3.63) is 49.6 Å². The lowest BCUT2D eigenvalue weighted by Gasteiger charge is -2.15. The van der Waals surface area contributed by atoms with Crippen LogP contribution < -0.4 is 0 Å². The summed E-state index contributed by atoms with van der Waals surface area (Å²) in [5.74, 6) is -2.20. The van der Waals surface area contributed by atoms with Gasteiger partial charge in [-0.15, -0.1) is 0 Å². The van der Waals surface area contributed by atoms with Crippen molar-refractivity contribution in [2.24, 2.45) is 0 Å². The normalized spacial score (nSPS) is 9.14. The van der Waals surface area contributed by atoms with Crippen LogP contribution in [-0.4, -0.2) is 43.4 Å². The van der Waals surface area contributed by atoms with Crippen LogP contribution in [0.3, 0.4) is 0 Å².